The molecule has 6 heterocycles. The van der Waals surface area contributed by atoms with Crippen LogP contribution in [-0.2, 0) is 41.5 Å². The number of amides is 1. The molecule has 6 aromatic carbocycles. The first-order valence-corrected chi connectivity index (χ1v) is 34.4. The molecule has 0 unspecified atom stereocenters. The van der Waals surface area contributed by atoms with Crippen LogP contribution in [0.5, 0.6) is 0 Å². The highest BCUT2D eigenvalue weighted by atomic mass is 79.9. The van der Waals surface area contributed by atoms with Gasteiger partial charge >= 0.3 is 23.6 Å². The first kappa shape index (κ1) is 86.1. The Labute approximate surface area is 611 Å². The predicted molar refractivity (Wildman–Crippen MR) is 402 cm³/mol. The monoisotopic (exact) mass is 1490 g/mol. The van der Waals surface area contributed by atoms with Gasteiger partial charge in [-0.1, -0.05) is 94.4 Å². The molecule has 0 bridgehead atoms. The summed E-state index contributed by atoms with van der Waals surface area (Å²) >= 11 is 2.45. The summed E-state index contributed by atoms with van der Waals surface area (Å²) in [5.41, 5.74) is 18.3. The molecular formula is C74H100BrFN14O13. The van der Waals surface area contributed by atoms with Crippen LogP contribution in [-0.4, -0.2) is 231 Å². The van der Waals surface area contributed by atoms with Crippen LogP contribution in [0.4, 0.5) is 27.7 Å². The molecule has 4 saturated heterocycles. The molecule has 0 radical (unpaired) electrons. The second kappa shape index (κ2) is 49.3. The molecule has 0 aliphatic carbocycles. The molecule has 0 atom stereocenters. The standard InChI is InChI=1S/C22H24N4O4.C13H18N4O.C13H20N2O.C9H8O4.C6H4FNO2.C6H14N2O.C3H8.CBrN.CH4/c1-29-21(28)17-6-4-5-16(15-17)20(27)24-22-23-18-7-2-3-8-19(18)26(22)10-9-25-11-13-30-14-12-25;14-13-15-11-3-1-2-4-12(11)17(13)6-5-16-7-9-18-10-8-16;1-12-4-2-3-5-13(12)14-6-7-15-8-10-16-11-9-15;1-13-9(12)7-4-2-3-6(5-7)8(10)11;7-5-3-1-2-4-6(5)8(9)10;7-1-2-8-3-5-9-6-4-8;1-3-2;2-1-3;/h2-8,15H,9-14H2,1H3,(H,23,24,27);1-4H,5-10H2,(H2,14,15);2-5,14H,6-11H2,1H3;2-5H,1H3,(H,10,11);1-4H;1-7H2;3H2,1-2H3;;1H4. The maximum absolute atomic E-state index is 12.9. The zero-order chi connectivity index (χ0) is 73.9. The lowest BCUT2D eigenvalue weighted by Gasteiger charge is -2.26. The van der Waals surface area contributed by atoms with E-state index in [0.717, 1.165) is 185 Å². The number of fused-ring (bicyclic) bond motifs is 2. The van der Waals surface area contributed by atoms with Crippen LogP contribution in [0.1, 0.15) is 74.7 Å². The largest absolute Gasteiger partial charge is 0.478 e. The van der Waals surface area contributed by atoms with Crippen molar-refractivity contribution in [3.63, 3.8) is 0 Å². The number of hydrogen-bond donors (Lipinski definition) is 5. The Hall–Kier alpha value is -9.32. The number of nitriles is 1. The Morgan fingerprint density at radius 2 is 1.02 bits per heavy atom. The molecule has 27 nitrogen and oxygen atoms in total. The molecule has 12 rings (SSSR count). The van der Waals surface area contributed by atoms with Crippen molar-refractivity contribution in [3.05, 3.63) is 189 Å². The highest BCUT2D eigenvalue weighted by molar-refractivity contribution is 9.12. The van der Waals surface area contributed by atoms with Crippen molar-refractivity contribution in [2.24, 2.45) is 5.73 Å². The minimum absolute atomic E-state index is 0. The number of nitrogens with one attached hydrogen (secondary N) is 2. The Morgan fingerprint density at radius 1 is 0.612 bits per heavy atom. The average Bonchev–Trinajstić information content (AvgIpc) is 1.66. The number of imidazole rings is 2. The van der Waals surface area contributed by atoms with Gasteiger partial charge in [0.2, 0.25) is 17.7 Å². The topological polar surface area (TPSA) is 336 Å². The number of nitrogens with zero attached hydrogens (tertiary/aromatic N) is 10. The number of aryl methyl sites for hydroxylation is 1. The highest BCUT2D eigenvalue weighted by Crippen LogP contribution is 2.22. The van der Waals surface area contributed by atoms with Crippen molar-refractivity contribution in [3.8, 4) is 4.98 Å². The van der Waals surface area contributed by atoms with E-state index in [1.165, 1.54) is 74.4 Å². The van der Waals surface area contributed by atoms with Gasteiger partial charge in [0.05, 0.1) is 111 Å². The second-order valence-electron chi connectivity index (χ2n) is 22.9. The number of morpholine rings is 4. The lowest BCUT2D eigenvalue weighted by Crippen LogP contribution is -2.39. The molecular weight excluding hydrogens is 1390 g/mol. The zero-order valence-electron chi connectivity index (χ0n) is 58.8. The number of ether oxygens (including phenoxy) is 6. The smallest absolute Gasteiger partial charge is 0.337 e. The number of halogens is 2. The number of methoxy groups -OCH3 is 2. The summed E-state index contributed by atoms with van der Waals surface area (Å²) in [6, 6.07) is 41.4. The van der Waals surface area contributed by atoms with Gasteiger partial charge in [0.1, 0.15) is 4.98 Å². The molecule has 0 spiro atoms. The maximum atomic E-state index is 12.9. The average molecular weight is 1490 g/mol. The number of carbonyl (C=O) groups excluding carboxylic acids is 3. The number of aromatic nitrogens is 4. The third-order valence-electron chi connectivity index (χ3n) is 15.7. The molecule has 2 aromatic heterocycles. The van der Waals surface area contributed by atoms with E-state index in [9.17, 15) is 33.7 Å². The van der Waals surface area contributed by atoms with E-state index in [2.05, 4.69) is 117 Å². The molecule has 1 amide bonds. The molecule has 0 saturated carbocycles. The van der Waals surface area contributed by atoms with Crippen LogP contribution in [0.25, 0.3) is 22.1 Å². The van der Waals surface area contributed by atoms with Gasteiger partial charge in [-0.25, -0.2) is 24.4 Å². The van der Waals surface area contributed by atoms with Crippen LogP contribution in [0.3, 0.4) is 0 Å². The Bertz CT molecular complexity index is 3850. The van der Waals surface area contributed by atoms with Gasteiger partial charge in [0.15, 0.2) is 0 Å². The number of anilines is 3. The van der Waals surface area contributed by atoms with E-state index in [4.69, 9.17) is 45.5 Å². The first-order chi connectivity index (χ1) is 49.5. The van der Waals surface area contributed by atoms with E-state index in [0.29, 0.717) is 29.6 Å². The maximum Gasteiger partial charge on any atom is 0.337 e. The van der Waals surface area contributed by atoms with Gasteiger partial charge in [-0.2, -0.15) is 9.65 Å². The lowest BCUT2D eigenvalue weighted by atomic mass is 10.1. The fraction of sp³-hybridized carbons (Fsp3) is 0.419. The van der Waals surface area contributed by atoms with Crippen molar-refractivity contribution in [1.29, 1.82) is 5.26 Å². The summed E-state index contributed by atoms with van der Waals surface area (Å²) in [7, 11) is 2.56. The number of hydrogen-bond acceptors (Lipinski definition) is 22. The zero-order valence-corrected chi connectivity index (χ0v) is 60.3. The number of carboxylic acid groups (broad SMARTS) is 1. The number of nitro groups is 1. The summed E-state index contributed by atoms with van der Waals surface area (Å²) in [6.45, 7) is 28.4. The predicted octanol–water partition coefficient (Wildman–Crippen LogP) is 10.2. The lowest BCUT2D eigenvalue weighted by molar-refractivity contribution is -0.387. The van der Waals surface area contributed by atoms with E-state index < -0.39 is 34.3 Å². The minimum atomic E-state index is -1.06. The van der Waals surface area contributed by atoms with E-state index in [1.54, 1.807) is 23.2 Å². The number of nitrogen functional groups attached to an aromatic ring is 1. The number of carbonyl (C=O) groups is 4. The second-order valence-corrected chi connectivity index (χ2v) is 23.3. The molecule has 103 heavy (non-hydrogen) atoms. The third-order valence-corrected chi connectivity index (χ3v) is 15.7. The SMILES string of the molecule is C.CCC.COC(=O)c1cccc(C(=O)Nc2nc3ccccc3n2CCN2CCOCC2)c1.COC(=O)c1cccc(C(=O)O)c1.Cc1ccccc1NCCN1CCOCC1.N#CBr.NCCN1CCOCC1.Nc1nc2ccccc2n1CCN1CCOCC1.O=[N+]([O-])c1ccccc1F. The van der Waals surface area contributed by atoms with Crippen molar-refractivity contribution in [2.45, 2.75) is 47.7 Å². The number of carboxylic acids is 1. The quantitative estimate of drug-likeness (QED) is 0.0303. The van der Waals surface area contributed by atoms with E-state index >= 15 is 0 Å². The Balaban J connectivity index is 0.000000269. The normalized spacial score (nSPS) is 14.2. The van der Waals surface area contributed by atoms with Crippen LogP contribution >= 0.6 is 15.9 Å². The molecule has 29 heteroatoms. The summed E-state index contributed by atoms with van der Waals surface area (Å²) in [5, 5.41) is 32.2. The van der Waals surface area contributed by atoms with Crippen molar-refractivity contribution in [1.82, 2.24) is 38.7 Å². The summed E-state index contributed by atoms with van der Waals surface area (Å²) in [5.74, 6) is -2.13. The van der Waals surface area contributed by atoms with Crippen molar-refractivity contribution in [2.75, 3.05) is 175 Å². The fourth-order valence-electron chi connectivity index (χ4n) is 10.4. The van der Waals surface area contributed by atoms with Gasteiger partial charge < -0.3 is 59.4 Å². The van der Waals surface area contributed by atoms with Crippen LogP contribution in [0.15, 0.2) is 146 Å². The number of benzene rings is 6. The Kier molecular flexibility index (Phi) is 41.2. The van der Waals surface area contributed by atoms with E-state index in [1.807, 2.05) is 47.0 Å². The highest BCUT2D eigenvalue weighted by Gasteiger charge is 2.20. The third kappa shape index (κ3) is 30.7. The van der Waals surface area contributed by atoms with Crippen molar-refractivity contribution >= 4 is 85.1 Å². The summed E-state index contributed by atoms with van der Waals surface area (Å²) in [4.78, 5) is 75.4. The van der Waals surface area contributed by atoms with Gasteiger partial charge in [-0.05, 0) is 85.3 Å². The number of nitrogens with two attached hydrogens (primary N) is 2. The number of rotatable bonds is 18. The van der Waals surface area contributed by atoms with Crippen molar-refractivity contribution < 1.29 is 62.0 Å². The van der Waals surface area contributed by atoms with Crippen LogP contribution in [0.2, 0.25) is 0 Å². The van der Waals surface area contributed by atoms with Gasteiger partial charge in [0, 0.05) is 138 Å². The van der Waals surface area contributed by atoms with E-state index in [-0.39, 0.29) is 24.5 Å². The first-order valence-electron chi connectivity index (χ1n) is 33.6. The molecule has 8 aromatic rings. The number of esters is 2. The minimum Gasteiger partial charge on any atom is -0.478 e. The molecule has 4 aliphatic rings. The summed E-state index contributed by atoms with van der Waals surface area (Å²) < 4.78 is 46.9. The molecule has 4 fully saturated rings. The van der Waals surface area contributed by atoms with Gasteiger partial charge in [-0.3, -0.25) is 39.8 Å². The van der Waals surface area contributed by atoms with Crippen LogP contribution in [0, 0.1) is 33.1 Å². The van der Waals surface area contributed by atoms with Gasteiger partial charge in [-0.15, -0.1) is 0 Å². The number of para-hydroxylation sites is 6. The molecule has 7 N–H and O–H groups in total. The molecule has 558 valence electrons. The summed E-state index contributed by atoms with van der Waals surface area (Å²) in [6.07, 6.45) is 1.25. The van der Waals surface area contributed by atoms with Crippen LogP contribution < -0.4 is 22.1 Å². The molecule has 4 aliphatic heterocycles. The fourth-order valence-corrected chi connectivity index (χ4v) is 10.4. The number of nitro benzene ring substituents is 1. The number of aromatic carboxylic acids is 1. The Morgan fingerprint density at radius 3 is 1.49 bits per heavy atom. The van der Waals surface area contributed by atoms with Gasteiger partial charge in [0.25, 0.3) is 5.91 Å².